The summed E-state index contributed by atoms with van der Waals surface area (Å²) in [6, 6.07) is 1.35. The summed E-state index contributed by atoms with van der Waals surface area (Å²) in [4.78, 5) is 25.9. The number of nitrogens with one attached hydrogen (secondary N) is 1. The Balaban J connectivity index is 2.10. The zero-order chi connectivity index (χ0) is 14.7. The van der Waals surface area contributed by atoms with Crippen LogP contribution in [0.5, 0.6) is 0 Å². The van der Waals surface area contributed by atoms with Crippen LogP contribution in [0.4, 0.5) is 5.82 Å². The first-order valence-electron chi connectivity index (χ1n) is 6.84. The average Bonchev–Trinajstić information content (AvgIpc) is 2.76. The SMILES string of the molecule is CNC(=O)[C@@H]1CCCCN1C(=O)Cn1nc(C)cc1N. The Hall–Kier alpha value is -2.05. The first kappa shape index (κ1) is 14.4. The fraction of sp³-hybridized carbons (Fsp3) is 0.615. The Morgan fingerprint density at radius 3 is 2.85 bits per heavy atom. The molecule has 1 saturated heterocycles. The molecule has 110 valence electrons. The van der Waals surface area contributed by atoms with Crippen molar-refractivity contribution in [1.29, 1.82) is 0 Å². The van der Waals surface area contributed by atoms with Gasteiger partial charge in [-0.15, -0.1) is 0 Å². The van der Waals surface area contributed by atoms with E-state index in [-0.39, 0.29) is 24.4 Å². The van der Waals surface area contributed by atoms with Gasteiger partial charge >= 0.3 is 0 Å². The van der Waals surface area contributed by atoms with Gasteiger partial charge in [0.1, 0.15) is 18.4 Å². The Bertz CT molecular complexity index is 511. The summed E-state index contributed by atoms with van der Waals surface area (Å²) in [7, 11) is 1.59. The van der Waals surface area contributed by atoms with Crippen molar-refractivity contribution in [3.05, 3.63) is 11.8 Å². The van der Waals surface area contributed by atoms with E-state index in [1.54, 1.807) is 18.0 Å². The first-order valence-corrected chi connectivity index (χ1v) is 6.84. The van der Waals surface area contributed by atoms with Crippen molar-refractivity contribution in [2.24, 2.45) is 0 Å². The lowest BCUT2D eigenvalue weighted by molar-refractivity contribution is -0.142. The molecule has 1 aliphatic rings. The maximum absolute atomic E-state index is 12.4. The fourth-order valence-corrected chi connectivity index (χ4v) is 2.58. The molecule has 1 aromatic rings. The highest BCUT2D eigenvalue weighted by Gasteiger charge is 2.31. The highest BCUT2D eigenvalue weighted by molar-refractivity contribution is 5.87. The van der Waals surface area contributed by atoms with Crippen LogP contribution in [0, 0.1) is 6.92 Å². The maximum Gasteiger partial charge on any atom is 0.245 e. The molecule has 2 heterocycles. The number of amides is 2. The average molecular weight is 279 g/mol. The number of rotatable bonds is 3. The van der Waals surface area contributed by atoms with Gasteiger partial charge in [0.05, 0.1) is 5.69 Å². The highest BCUT2D eigenvalue weighted by atomic mass is 16.2. The van der Waals surface area contributed by atoms with E-state index < -0.39 is 0 Å². The summed E-state index contributed by atoms with van der Waals surface area (Å²) in [5, 5.41) is 6.80. The normalized spacial score (nSPS) is 18.9. The minimum Gasteiger partial charge on any atom is -0.384 e. The molecule has 7 nitrogen and oxygen atoms in total. The second kappa shape index (κ2) is 5.94. The number of hydrogen-bond donors (Lipinski definition) is 2. The van der Waals surface area contributed by atoms with Crippen molar-refractivity contribution in [2.75, 3.05) is 19.3 Å². The van der Waals surface area contributed by atoms with E-state index in [0.717, 1.165) is 18.5 Å². The van der Waals surface area contributed by atoms with Crippen molar-refractivity contribution in [2.45, 2.75) is 38.8 Å². The number of nitrogens with zero attached hydrogens (tertiary/aromatic N) is 3. The predicted molar refractivity (Wildman–Crippen MR) is 74.8 cm³/mol. The zero-order valence-electron chi connectivity index (χ0n) is 11.9. The van der Waals surface area contributed by atoms with Gasteiger partial charge in [0, 0.05) is 19.7 Å². The molecule has 7 heteroatoms. The van der Waals surface area contributed by atoms with Crippen LogP contribution in [0.3, 0.4) is 0 Å². The van der Waals surface area contributed by atoms with Crippen molar-refractivity contribution in [1.82, 2.24) is 20.0 Å². The lowest BCUT2D eigenvalue weighted by atomic mass is 10.0. The number of carbonyl (C=O) groups is 2. The number of carbonyl (C=O) groups excluding carboxylic acids is 2. The third-order valence-electron chi connectivity index (χ3n) is 3.59. The highest BCUT2D eigenvalue weighted by Crippen LogP contribution is 2.18. The van der Waals surface area contributed by atoms with E-state index in [0.29, 0.717) is 18.8 Å². The van der Waals surface area contributed by atoms with Crippen molar-refractivity contribution < 1.29 is 9.59 Å². The van der Waals surface area contributed by atoms with Crippen LogP contribution < -0.4 is 11.1 Å². The van der Waals surface area contributed by atoms with E-state index in [4.69, 9.17) is 5.73 Å². The third kappa shape index (κ3) is 2.92. The number of aryl methyl sites for hydroxylation is 1. The van der Waals surface area contributed by atoms with Crippen LogP contribution in [0.1, 0.15) is 25.0 Å². The van der Waals surface area contributed by atoms with Gasteiger partial charge in [0.15, 0.2) is 0 Å². The fourth-order valence-electron chi connectivity index (χ4n) is 2.58. The van der Waals surface area contributed by atoms with E-state index in [1.165, 1.54) is 4.68 Å². The minimum absolute atomic E-state index is 0.0766. The van der Waals surface area contributed by atoms with Gasteiger partial charge in [-0.05, 0) is 26.2 Å². The smallest absolute Gasteiger partial charge is 0.245 e. The number of likely N-dealkylation sites (N-methyl/N-ethyl adjacent to an activating group) is 1. The second-order valence-electron chi connectivity index (χ2n) is 5.08. The van der Waals surface area contributed by atoms with E-state index in [1.807, 2.05) is 6.92 Å². The monoisotopic (exact) mass is 279 g/mol. The van der Waals surface area contributed by atoms with Gasteiger partial charge in [-0.3, -0.25) is 9.59 Å². The molecule has 0 aromatic carbocycles. The molecule has 1 aliphatic heterocycles. The number of nitrogens with two attached hydrogens (primary N) is 1. The van der Waals surface area contributed by atoms with Crippen LogP contribution in [0.25, 0.3) is 0 Å². The van der Waals surface area contributed by atoms with Crippen LogP contribution in [0.15, 0.2) is 6.07 Å². The maximum atomic E-state index is 12.4. The second-order valence-corrected chi connectivity index (χ2v) is 5.08. The zero-order valence-corrected chi connectivity index (χ0v) is 11.9. The topological polar surface area (TPSA) is 93.2 Å². The summed E-state index contributed by atoms with van der Waals surface area (Å²) in [6.45, 7) is 2.51. The van der Waals surface area contributed by atoms with Gasteiger partial charge in [0.25, 0.3) is 0 Å². The molecular formula is C13H21N5O2. The molecule has 0 spiro atoms. The number of piperidine rings is 1. The number of nitrogen functional groups attached to an aromatic ring is 1. The summed E-state index contributed by atoms with van der Waals surface area (Å²) < 4.78 is 1.48. The molecule has 0 aliphatic carbocycles. The Morgan fingerprint density at radius 2 is 2.25 bits per heavy atom. The molecule has 0 bridgehead atoms. The lowest BCUT2D eigenvalue weighted by Crippen LogP contribution is -2.52. The molecular weight excluding hydrogens is 258 g/mol. The molecule has 20 heavy (non-hydrogen) atoms. The minimum atomic E-state index is -0.376. The molecule has 0 unspecified atom stereocenters. The number of likely N-dealkylation sites (tertiary alicyclic amines) is 1. The number of hydrogen-bond acceptors (Lipinski definition) is 4. The van der Waals surface area contributed by atoms with Crippen molar-refractivity contribution in [3.8, 4) is 0 Å². The van der Waals surface area contributed by atoms with Gasteiger partial charge < -0.3 is 16.0 Å². The summed E-state index contributed by atoms with van der Waals surface area (Å²) in [5.74, 6) is 0.236. The molecule has 2 amide bonds. The Kier molecular flexibility index (Phi) is 4.26. The molecule has 3 N–H and O–H groups in total. The Morgan fingerprint density at radius 1 is 1.50 bits per heavy atom. The van der Waals surface area contributed by atoms with Gasteiger partial charge in [-0.1, -0.05) is 0 Å². The largest absolute Gasteiger partial charge is 0.384 e. The molecule has 1 atom stereocenters. The summed E-state index contributed by atoms with van der Waals surface area (Å²) >= 11 is 0. The van der Waals surface area contributed by atoms with Crippen LogP contribution >= 0.6 is 0 Å². The molecule has 2 rings (SSSR count). The van der Waals surface area contributed by atoms with Gasteiger partial charge in [0.2, 0.25) is 11.8 Å². The van der Waals surface area contributed by atoms with Crippen LogP contribution in [-0.2, 0) is 16.1 Å². The van der Waals surface area contributed by atoms with Crippen molar-refractivity contribution in [3.63, 3.8) is 0 Å². The molecule has 1 fully saturated rings. The van der Waals surface area contributed by atoms with E-state index in [2.05, 4.69) is 10.4 Å². The van der Waals surface area contributed by atoms with Gasteiger partial charge in [-0.2, -0.15) is 5.10 Å². The third-order valence-corrected chi connectivity index (χ3v) is 3.59. The summed E-state index contributed by atoms with van der Waals surface area (Å²) in [5.41, 5.74) is 6.57. The standard InChI is InChI=1S/C13H21N5O2/c1-9-7-11(14)18(16-9)8-12(19)17-6-4-3-5-10(17)13(20)15-2/h7,10H,3-6,8,14H2,1-2H3,(H,15,20)/t10-/m0/s1. The first-order chi connectivity index (χ1) is 9.52. The number of aromatic nitrogens is 2. The van der Waals surface area contributed by atoms with E-state index >= 15 is 0 Å². The van der Waals surface area contributed by atoms with Crippen molar-refractivity contribution >= 4 is 17.6 Å². The quantitative estimate of drug-likeness (QED) is 0.808. The molecule has 0 saturated carbocycles. The van der Waals surface area contributed by atoms with Crippen LogP contribution in [0.2, 0.25) is 0 Å². The molecule has 0 radical (unpaired) electrons. The van der Waals surface area contributed by atoms with Gasteiger partial charge in [-0.25, -0.2) is 4.68 Å². The molecule has 1 aromatic heterocycles. The van der Waals surface area contributed by atoms with E-state index in [9.17, 15) is 9.59 Å². The lowest BCUT2D eigenvalue weighted by Gasteiger charge is -2.34. The van der Waals surface area contributed by atoms with Crippen LogP contribution in [-0.4, -0.2) is 46.1 Å². The predicted octanol–water partition coefficient (Wildman–Crippen LogP) is -0.0992. The Labute approximate surface area is 118 Å². The number of anilines is 1. The summed E-state index contributed by atoms with van der Waals surface area (Å²) in [6.07, 6.45) is 2.59.